The van der Waals surface area contributed by atoms with Gasteiger partial charge in [-0.05, 0) is 23.3 Å². The first-order valence-electron chi connectivity index (χ1n) is 13.5. The molecule has 0 bridgehead atoms. The summed E-state index contributed by atoms with van der Waals surface area (Å²) in [6.07, 6.45) is 2.80. The van der Waals surface area contributed by atoms with E-state index in [2.05, 4.69) is 38.5 Å². The van der Waals surface area contributed by atoms with Crippen molar-refractivity contribution in [2.24, 2.45) is 11.5 Å². The number of aromatic amines is 2. The van der Waals surface area contributed by atoms with E-state index in [1.807, 2.05) is 48.5 Å². The fourth-order valence-corrected chi connectivity index (χ4v) is 4.93. The molecule has 4 rings (SSSR count). The highest BCUT2D eigenvalue weighted by Crippen LogP contribution is 2.21. The van der Waals surface area contributed by atoms with Crippen molar-refractivity contribution in [1.29, 1.82) is 0 Å². The summed E-state index contributed by atoms with van der Waals surface area (Å²) in [5.41, 5.74) is 14.1. The number of aromatic nitrogens is 2. The summed E-state index contributed by atoms with van der Waals surface area (Å²) >= 11 is 4.07. The Morgan fingerprint density at radius 3 is 1.63 bits per heavy atom. The zero-order chi connectivity index (χ0) is 31.1. The first-order chi connectivity index (χ1) is 20.6. The van der Waals surface area contributed by atoms with Crippen LogP contribution < -0.4 is 27.4 Å². The number of H-pyrrole nitrogens is 2. The third kappa shape index (κ3) is 7.72. The highest BCUT2D eigenvalue weighted by Gasteiger charge is 2.32. The average molecular weight is 608 g/mol. The second-order valence-electron chi connectivity index (χ2n) is 10.1. The van der Waals surface area contributed by atoms with Crippen LogP contribution in [0.2, 0.25) is 0 Å². The molecule has 0 fully saturated rings. The molecule has 0 aliphatic heterocycles. The number of carboxylic acid groups (broad SMARTS) is 1. The Balaban J connectivity index is 1.64. The molecule has 0 spiro atoms. The molecule has 0 saturated heterocycles. The van der Waals surface area contributed by atoms with Gasteiger partial charge in [-0.1, -0.05) is 36.4 Å². The van der Waals surface area contributed by atoms with Crippen molar-refractivity contribution in [2.45, 2.75) is 43.4 Å². The maximum Gasteiger partial charge on any atom is 0.326 e. The van der Waals surface area contributed by atoms with Crippen molar-refractivity contribution < 1.29 is 29.1 Å². The van der Waals surface area contributed by atoms with Gasteiger partial charge in [-0.3, -0.25) is 19.2 Å². The number of nitrogens with one attached hydrogen (secondary N) is 5. The largest absolute Gasteiger partial charge is 0.480 e. The van der Waals surface area contributed by atoms with E-state index in [0.29, 0.717) is 5.56 Å². The fourth-order valence-electron chi connectivity index (χ4n) is 4.77. The van der Waals surface area contributed by atoms with Crippen LogP contribution >= 0.6 is 12.6 Å². The maximum absolute atomic E-state index is 13.8. The second kappa shape index (κ2) is 13.9. The monoisotopic (exact) mass is 607 g/mol. The molecule has 43 heavy (non-hydrogen) atoms. The number of para-hydroxylation sites is 2. The van der Waals surface area contributed by atoms with E-state index in [9.17, 15) is 29.1 Å². The molecular formula is C29H33N7O6S. The van der Waals surface area contributed by atoms with E-state index >= 15 is 0 Å². The van der Waals surface area contributed by atoms with Gasteiger partial charge >= 0.3 is 5.97 Å². The molecule has 4 amide bonds. The van der Waals surface area contributed by atoms with E-state index in [1.54, 1.807) is 12.4 Å². The van der Waals surface area contributed by atoms with Crippen LogP contribution in [-0.2, 0) is 36.8 Å². The highest BCUT2D eigenvalue weighted by molar-refractivity contribution is 7.80. The Morgan fingerprint density at radius 2 is 1.19 bits per heavy atom. The maximum atomic E-state index is 13.8. The molecule has 0 saturated carbocycles. The molecule has 0 aliphatic carbocycles. The third-order valence-corrected chi connectivity index (χ3v) is 7.41. The van der Waals surface area contributed by atoms with Gasteiger partial charge in [0.05, 0.1) is 12.5 Å². The summed E-state index contributed by atoms with van der Waals surface area (Å²) in [4.78, 5) is 69.4. The number of nitrogens with two attached hydrogens (primary N) is 2. The number of primary amides is 1. The van der Waals surface area contributed by atoms with Crippen molar-refractivity contribution in [3.8, 4) is 0 Å². The lowest BCUT2D eigenvalue weighted by Gasteiger charge is -2.25. The molecule has 0 aliphatic rings. The highest BCUT2D eigenvalue weighted by atomic mass is 32.1. The number of benzene rings is 2. The van der Waals surface area contributed by atoms with Crippen LogP contribution in [0.15, 0.2) is 60.9 Å². The zero-order valence-corrected chi connectivity index (χ0v) is 23.9. The molecule has 226 valence electrons. The molecule has 2 aromatic heterocycles. The smallest absolute Gasteiger partial charge is 0.326 e. The number of hydrogen-bond donors (Lipinski definition) is 9. The van der Waals surface area contributed by atoms with E-state index in [1.165, 1.54) is 0 Å². The molecule has 4 unspecified atom stereocenters. The Bertz CT molecular complexity index is 1650. The number of aliphatic carboxylic acids is 1. The summed E-state index contributed by atoms with van der Waals surface area (Å²) in [6.45, 7) is 0. The number of carboxylic acids is 1. The molecule has 13 nitrogen and oxygen atoms in total. The van der Waals surface area contributed by atoms with Gasteiger partial charge in [-0.2, -0.15) is 12.6 Å². The predicted octanol–water partition coefficient (Wildman–Crippen LogP) is 0.106. The van der Waals surface area contributed by atoms with Crippen LogP contribution in [0.25, 0.3) is 21.8 Å². The Labute approximate surface area is 251 Å². The van der Waals surface area contributed by atoms with Gasteiger partial charge in [-0.15, -0.1) is 0 Å². The van der Waals surface area contributed by atoms with Crippen LogP contribution in [0.3, 0.4) is 0 Å². The molecule has 4 atom stereocenters. The molecule has 0 radical (unpaired) electrons. The Hall–Kier alpha value is -4.82. The van der Waals surface area contributed by atoms with Gasteiger partial charge < -0.3 is 42.5 Å². The minimum absolute atomic E-state index is 0.0333. The van der Waals surface area contributed by atoms with Crippen molar-refractivity contribution >= 4 is 64.0 Å². The molecule has 2 heterocycles. The summed E-state index contributed by atoms with van der Waals surface area (Å²) in [6, 6.07) is 9.74. The normalized spacial score (nSPS) is 14.0. The summed E-state index contributed by atoms with van der Waals surface area (Å²) in [5.74, 6) is -4.51. The summed E-state index contributed by atoms with van der Waals surface area (Å²) in [5, 5.41) is 18.8. The molecule has 2 aromatic carbocycles. The van der Waals surface area contributed by atoms with Crippen molar-refractivity contribution in [1.82, 2.24) is 25.9 Å². The Morgan fingerprint density at radius 1 is 0.744 bits per heavy atom. The predicted molar refractivity (Wildman–Crippen MR) is 163 cm³/mol. The second-order valence-corrected chi connectivity index (χ2v) is 10.5. The van der Waals surface area contributed by atoms with Gasteiger partial charge in [-0.25, -0.2) is 4.79 Å². The van der Waals surface area contributed by atoms with Crippen LogP contribution in [0.5, 0.6) is 0 Å². The summed E-state index contributed by atoms with van der Waals surface area (Å²) < 4.78 is 0. The number of fused-ring (bicyclic) bond motifs is 2. The molecular weight excluding hydrogens is 574 g/mol. The van der Waals surface area contributed by atoms with Gasteiger partial charge in [0.1, 0.15) is 18.1 Å². The zero-order valence-electron chi connectivity index (χ0n) is 23.0. The van der Waals surface area contributed by atoms with Gasteiger partial charge in [0.25, 0.3) is 0 Å². The quantitative estimate of drug-likeness (QED) is 0.0898. The number of rotatable bonds is 14. The lowest BCUT2D eigenvalue weighted by molar-refractivity contribution is -0.143. The lowest BCUT2D eigenvalue weighted by Crippen LogP contribution is -2.58. The van der Waals surface area contributed by atoms with Crippen molar-refractivity contribution in [3.63, 3.8) is 0 Å². The SMILES string of the molecule is NC(=O)CC(NC(=O)C(Cc1c[nH]c2ccccc12)NC(=O)C(Cc1c[nH]c2ccccc12)NC(=O)C(N)CS)C(=O)O. The number of thiol groups is 1. The van der Waals surface area contributed by atoms with E-state index < -0.39 is 60.2 Å². The third-order valence-electron chi connectivity index (χ3n) is 7.02. The van der Waals surface area contributed by atoms with Crippen molar-refractivity contribution in [3.05, 3.63) is 72.1 Å². The van der Waals surface area contributed by atoms with E-state index in [4.69, 9.17) is 11.5 Å². The van der Waals surface area contributed by atoms with Gasteiger partial charge in [0.2, 0.25) is 23.6 Å². The average Bonchev–Trinajstić information content (AvgIpc) is 3.59. The first kappa shape index (κ1) is 31.1. The molecule has 14 heteroatoms. The molecule has 4 aromatic rings. The topological polar surface area (TPSA) is 225 Å². The first-order valence-corrected chi connectivity index (χ1v) is 14.1. The van der Waals surface area contributed by atoms with Gasteiger partial charge in [0.15, 0.2) is 0 Å². The number of amides is 4. The van der Waals surface area contributed by atoms with Crippen LogP contribution in [0.4, 0.5) is 0 Å². The van der Waals surface area contributed by atoms with Crippen LogP contribution in [0, 0.1) is 0 Å². The number of carbonyl (C=O) groups excluding carboxylic acids is 4. The number of carbonyl (C=O) groups is 5. The minimum Gasteiger partial charge on any atom is -0.480 e. The Kier molecular flexibility index (Phi) is 10.1. The fraction of sp³-hybridized carbons (Fsp3) is 0.276. The van der Waals surface area contributed by atoms with E-state index in [-0.39, 0.29) is 18.6 Å². The van der Waals surface area contributed by atoms with Gasteiger partial charge in [0, 0.05) is 52.8 Å². The minimum atomic E-state index is -1.61. The lowest BCUT2D eigenvalue weighted by atomic mass is 10.0. The van der Waals surface area contributed by atoms with Crippen LogP contribution in [0.1, 0.15) is 17.5 Å². The van der Waals surface area contributed by atoms with E-state index in [0.717, 1.165) is 27.4 Å². The van der Waals surface area contributed by atoms with Crippen molar-refractivity contribution in [2.75, 3.05) is 5.75 Å². The molecule has 10 N–H and O–H groups in total. The number of hydrogen-bond acceptors (Lipinski definition) is 7. The van der Waals surface area contributed by atoms with Crippen LogP contribution in [-0.4, -0.2) is 74.6 Å². The standard InChI is InChI=1S/C29H33N7O6S/c30-19(14-43)26(38)34-22(9-15-12-32-20-7-3-1-5-17(15)20)27(39)35-23(28(40)36-24(29(41)42)11-25(31)37)10-16-13-33-21-8-4-2-6-18(16)21/h1-8,12-13,19,22-24,32-33,43H,9-11,14,30H2,(H2,31,37)(H,34,38)(H,35,39)(H,36,40)(H,41,42). The summed E-state index contributed by atoms with van der Waals surface area (Å²) in [7, 11) is 0.